The summed E-state index contributed by atoms with van der Waals surface area (Å²) in [5.41, 5.74) is 0.126. The summed E-state index contributed by atoms with van der Waals surface area (Å²) < 4.78 is 36.9. The summed E-state index contributed by atoms with van der Waals surface area (Å²) in [5, 5.41) is 0.190. The third kappa shape index (κ3) is 2.73. The Morgan fingerprint density at radius 2 is 1.81 bits per heavy atom. The lowest BCUT2D eigenvalue weighted by molar-refractivity contribution is -0.172. The molecule has 0 saturated carbocycles. The number of nitrogens with two attached hydrogens (primary N) is 1. The molecule has 0 fully saturated rings. The minimum Gasteiger partial charge on any atom is -0.268 e. The molecule has 16 heavy (non-hydrogen) atoms. The van der Waals surface area contributed by atoms with Crippen LogP contribution < -0.4 is 5.84 Å². The molecule has 0 saturated heterocycles. The molecular weight excluding hydrogens is 221 g/mol. The summed E-state index contributed by atoms with van der Waals surface area (Å²) in [6, 6.07) is 5.57. The molecule has 1 unspecified atom stereocenters. The second-order valence-corrected chi connectivity index (χ2v) is 3.30. The number of carbonyl (C=O) groups is 1. The van der Waals surface area contributed by atoms with E-state index in [1.807, 2.05) is 0 Å². The third-order valence-electron chi connectivity index (χ3n) is 2.15. The summed E-state index contributed by atoms with van der Waals surface area (Å²) in [5.74, 6) is 4.29. The van der Waals surface area contributed by atoms with E-state index in [1.165, 1.54) is 12.1 Å². The lowest BCUT2D eigenvalue weighted by atomic mass is 10.2. The van der Waals surface area contributed by atoms with Crippen molar-refractivity contribution in [3.05, 3.63) is 35.9 Å². The number of carbonyl (C=O) groups excluding carboxylic acids is 1. The highest BCUT2D eigenvalue weighted by Gasteiger charge is 2.41. The van der Waals surface area contributed by atoms with Gasteiger partial charge in [-0.05, 0) is 19.1 Å². The highest BCUT2D eigenvalue weighted by molar-refractivity contribution is 5.93. The molecule has 2 N–H and O–H groups in total. The van der Waals surface area contributed by atoms with Crippen LogP contribution in [-0.4, -0.2) is 23.1 Å². The first-order valence-electron chi connectivity index (χ1n) is 4.54. The van der Waals surface area contributed by atoms with E-state index in [0.29, 0.717) is 0 Å². The van der Waals surface area contributed by atoms with Crippen molar-refractivity contribution >= 4 is 5.91 Å². The van der Waals surface area contributed by atoms with Crippen LogP contribution in [0.5, 0.6) is 0 Å². The number of hydrogen-bond acceptors (Lipinski definition) is 2. The number of nitrogens with zero attached hydrogens (tertiary/aromatic N) is 1. The molecule has 0 aliphatic rings. The van der Waals surface area contributed by atoms with E-state index in [-0.39, 0.29) is 10.6 Å². The van der Waals surface area contributed by atoms with Crippen LogP contribution >= 0.6 is 0 Å². The van der Waals surface area contributed by atoms with Gasteiger partial charge in [-0.15, -0.1) is 0 Å². The minimum atomic E-state index is -4.53. The zero-order chi connectivity index (χ0) is 12.3. The van der Waals surface area contributed by atoms with Gasteiger partial charge in [-0.25, -0.2) is 5.84 Å². The Labute approximate surface area is 90.6 Å². The normalized spacial score (nSPS) is 13.3. The summed E-state index contributed by atoms with van der Waals surface area (Å²) >= 11 is 0. The number of amides is 1. The molecule has 1 aromatic rings. The van der Waals surface area contributed by atoms with Crippen molar-refractivity contribution in [1.82, 2.24) is 5.01 Å². The summed E-state index contributed by atoms with van der Waals surface area (Å²) in [6.07, 6.45) is -4.53. The molecule has 0 spiro atoms. The Bertz CT molecular complexity index is 364. The van der Waals surface area contributed by atoms with Gasteiger partial charge < -0.3 is 0 Å². The smallest absolute Gasteiger partial charge is 0.268 e. The van der Waals surface area contributed by atoms with Crippen LogP contribution in [0.15, 0.2) is 30.3 Å². The Kier molecular flexibility index (Phi) is 3.54. The lowest BCUT2D eigenvalue weighted by Crippen LogP contribution is -2.51. The predicted molar refractivity (Wildman–Crippen MR) is 52.3 cm³/mol. The van der Waals surface area contributed by atoms with Crippen LogP contribution in [0, 0.1) is 0 Å². The molecule has 3 nitrogen and oxygen atoms in total. The Morgan fingerprint density at radius 3 is 2.25 bits per heavy atom. The highest BCUT2D eigenvalue weighted by Crippen LogP contribution is 2.23. The molecule has 0 aliphatic heterocycles. The van der Waals surface area contributed by atoms with Crippen molar-refractivity contribution < 1.29 is 18.0 Å². The standard InChI is InChI=1S/C10H11F3N2O/c1-7(10(11,12)13)15(14)9(16)8-5-3-2-4-6-8/h2-7H,14H2,1H3. The SMILES string of the molecule is CC(N(N)C(=O)c1ccccc1)C(F)(F)F. The number of alkyl halides is 3. The van der Waals surface area contributed by atoms with Crippen molar-refractivity contribution in [2.45, 2.75) is 19.1 Å². The van der Waals surface area contributed by atoms with Crippen molar-refractivity contribution in [3.63, 3.8) is 0 Å². The summed E-state index contributed by atoms with van der Waals surface area (Å²) in [7, 11) is 0. The van der Waals surface area contributed by atoms with Crippen molar-refractivity contribution in [1.29, 1.82) is 0 Å². The van der Waals surface area contributed by atoms with Gasteiger partial charge in [-0.1, -0.05) is 18.2 Å². The first-order valence-corrected chi connectivity index (χ1v) is 4.54. The van der Waals surface area contributed by atoms with Crippen molar-refractivity contribution in [2.24, 2.45) is 5.84 Å². The first-order chi connectivity index (χ1) is 7.34. The Morgan fingerprint density at radius 1 is 1.31 bits per heavy atom. The van der Waals surface area contributed by atoms with E-state index in [0.717, 1.165) is 6.92 Å². The van der Waals surface area contributed by atoms with Gasteiger partial charge in [-0.2, -0.15) is 13.2 Å². The van der Waals surface area contributed by atoms with Gasteiger partial charge in [0, 0.05) is 5.56 Å². The fourth-order valence-corrected chi connectivity index (χ4v) is 1.06. The lowest BCUT2D eigenvalue weighted by Gasteiger charge is -2.26. The number of rotatable bonds is 2. The number of hydrogen-bond donors (Lipinski definition) is 1. The molecule has 0 aliphatic carbocycles. The van der Waals surface area contributed by atoms with Gasteiger partial charge in [-0.3, -0.25) is 9.80 Å². The number of halogens is 3. The number of benzene rings is 1. The van der Waals surface area contributed by atoms with Gasteiger partial charge in [0.25, 0.3) is 5.91 Å². The molecule has 88 valence electrons. The zero-order valence-electron chi connectivity index (χ0n) is 8.53. The molecule has 0 aromatic heterocycles. The van der Waals surface area contributed by atoms with E-state index >= 15 is 0 Å². The van der Waals surface area contributed by atoms with Crippen LogP contribution in [-0.2, 0) is 0 Å². The molecule has 0 heterocycles. The van der Waals surface area contributed by atoms with Gasteiger partial charge in [0.2, 0.25) is 0 Å². The van der Waals surface area contributed by atoms with Gasteiger partial charge in [0.05, 0.1) is 0 Å². The molecule has 0 bridgehead atoms. The molecule has 6 heteroatoms. The van der Waals surface area contributed by atoms with Gasteiger partial charge >= 0.3 is 6.18 Å². The van der Waals surface area contributed by atoms with E-state index in [2.05, 4.69) is 0 Å². The van der Waals surface area contributed by atoms with Crippen LogP contribution in [0.25, 0.3) is 0 Å². The fraction of sp³-hybridized carbons (Fsp3) is 0.300. The fourth-order valence-electron chi connectivity index (χ4n) is 1.06. The van der Waals surface area contributed by atoms with Crippen LogP contribution in [0.2, 0.25) is 0 Å². The molecule has 1 rings (SSSR count). The maximum absolute atomic E-state index is 12.3. The van der Waals surface area contributed by atoms with E-state index in [4.69, 9.17) is 5.84 Å². The minimum absolute atomic E-state index is 0.126. The maximum atomic E-state index is 12.3. The number of hydrazine groups is 1. The highest BCUT2D eigenvalue weighted by atomic mass is 19.4. The maximum Gasteiger partial charge on any atom is 0.410 e. The van der Waals surface area contributed by atoms with E-state index in [1.54, 1.807) is 18.2 Å². The average molecular weight is 232 g/mol. The zero-order valence-corrected chi connectivity index (χ0v) is 8.53. The van der Waals surface area contributed by atoms with E-state index < -0.39 is 18.1 Å². The van der Waals surface area contributed by atoms with Crippen LogP contribution in [0.4, 0.5) is 13.2 Å². The molecule has 1 amide bonds. The third-order valence-corrected chi connectivity index (χ3v) is 2.15. The average Bonchev–Trinajstić information content (AvgIpc) is 2.26. The molecule has 1 aromatic carbocycles. The summed E-state index contributed by atoms with van der Waals surface area (Å²) in [4.78, 5) is 11.5. The molecular formula is C10H11F3N2O. The topological polar surface area (TPSA) is 46.3 Å². The first kappa shape index (κ1) is 12.5. The largest absolute Gasteiger partial charge is 0.410 e. The summed E-state index contributed by atoms with van der Waals surface area (Å²) in [6.45, 7) is 0.834. The van der Waals surface area contributed by atoms with Crippen LogP contribution in [0.1, 0.15) is 17.3 Å². The quantitative estimate of drug-likeness (QED) is 0.481. The monoisotopic (exact) mass is 232 g/mol. The van der Waals surface area contributed by atoms with Crippen molar-refractivity contribution in [2.75, 3.05) is 0 Å². The molecule has 1 atom stereocenters. The predicted octanol–water partition coefficient (Wildman–Crippen LogP) is 1.95. The second-order valence-electron chi connectivity index (χ2n) is 3.30. The van der Waals surface area contributed by atoms with Gasteiger partial charge in [0.1, 0.15) is 6.04 Å². The van der Waals surface area contributed by atoms with Crippen molar-refractivity contribution in [3.8, 4) is 0 Å². The van der Waals surface area contributed by atoms with Gasteiger partial charge in [0.15, 0.2) is 0 Å². The van der Waals surface area contributed by atoms with E-state index in [9.17, 15) is 18.0 Å². The molecule has 0 radical (unpaired) electrons. The Hall–Kier alpha value is -1.56. The van der Waals surface area contributed by atoms with Crippen LogP contribution in [0.3, 0.4) is 0 Å². The Balaban J connectivity index is 2.84. The second kappa shape index (κ2) is 4.52.